The molecule has 0 aromatic carbocycles. The van der Waals surface area contributed by atoms with Crippen LogP contribution in [0.1, 0.15) is 0 Å². The molecule has 0 saturated carbocycles. The zero-order chi connectivity index (χ0) is 21.4. The number of hydrogen-bond acceptors (Lipinski definition) is 10. The molecule has 0 radical (unpaired) electrons. The van der Waals surface area contributed by atoms with Gasteiger partial charge in [-0.2, -0.15) is 0 Å². The molecular formula is C12H26N4S10. The second-order valence-electron chi connectivity index (χ2n) is 4.97. The van der Waals surface area contributed by atoms with E-state index in [0.29, 0.717) is 0 Å². The Morgan fingerprint density at radius 3 is 0.654 bits per heavy atom. The maximum absolute atomic E-state index is 5.07. The molecule has 4 nitrogen and oxygen atoms in total. The first kappa shape index (κ1) is 32.3. The predicted octanol–water partition coefficient (Wildman–Crippen LogP) is 4.88. The molecule has 0 rings (SSSR count). The van der Waals surface area contributed by atoms with Crippen molar-refractivity contribution in [2.45, 2.75) is 0 Å². The molecule has 0 amide bonds. The average molecular weight is 547 g/mol. The van der Waals surface area contributed by atoms with Crippen molar-refractivity contribution in [3.05, 3.63) is 0 Å². The standard InChI is InChI=1S/2C6H12N2S4.H2S2/c2*1-7(2)5(9)11-12-6(10)8(3)4;1-2/h2*1-4H3;1-2H. The molecule has 0 aromatic rings. The van der Waals surface area contributed by atoms with Crippen LogP contribution in [0.2, 0.25) is 0 Å². The summed E-state index contributed by atoms with van der Waals surface area (Å²) in [6, 6.07) is 0. The van der Waals surface area contributed by atoms with Crippen molar-refractivity contribution in [3.8, 4) is 0 Å². The fourth-order valence-electron chi connectivity index (χ4n) is 0.441. The van der Waals surface area contributed by atoms with Gasteiger partial charge in [0.15, 0.2) is 0 Å². The van der Waals surface area contributed by atoms with Crippen molar-refractivity contribution >= 4 is 133 Å². The van der Waals surface area contributed by atoms with Gasteiger partial charge in [-0.3, -0.25) is 0 Å². The largest absolute Gasteiger partial charge is 0.363 e. The Morgan fingerprint density at radius 1 is 0.462 bits per heavy atom. The Balaban J connectivity index is -0.000000371. The maximum Gasteiger partial charge on any atom is 0.146 e. The van der Waals surface area contributed by atoms with E-state index in [2.05, 4.69) is 23.3 Å². The summed E-state index contributed by atoms with van der Waals surface area (Å²) in [5.41, 5.74) is 0. The summed E-state index contributed by atoms with van der Waals surface area (Å²) in [5.74, 6) is 0. The van der Waals surface area contributed by atoms with Crippen molar-refractivity contribution in [2.75, 3.05) is 56.4 Å². The lowest BCUT2D eigenvalue weighted by Gasteiger charge is -2.15. The van der Waals surface area contributed by atoms with E-state index in [9.17, 15) is 0 Å². The lowest BCUT2D eigenvalue weighted by molar-refractivity contribution is 0.647. The average Bonchev–Trinajstić information content (AvgIpc) is 2.58. The molecule has 0 fully saturated rings. The summed E-state index contributed by atoms with van der Waals surface area (Å²) < 4.78 is 3.35. The van der Waals surface area contributed by atoms with Gasteiger partial charge in [0.1, 0.15) is 17.3 Å². The minimum absolute atomic E-state index is 0.837. The topological polar surface area (TPSA) is 13.0 Å². The van der Waals surface area contributed by atoms with Crippen LogP contribution in [0, 0.1) is 0 Å². The summed E-state index contributed by atoms with van der Waals surface area (Å²) >= 11 is 26.7. The van der Waals surface area contributed by atoms with Crippen LogP contribution in [-0.4, -0.2) is 93.3 Å². The predicted molar refractivity (Wildman–Crippen MR) is 153 cm³/mol. The Kier molecular flexibility index (Phi) is 24.8. The van der Waals surface area contributed by atoms with Gasteiger partial charge in [0, 0.05) is 56.4 Å². The monoisotopic (exact) mass is 546 g/mol. The van der Waals surface area contributed by atoms with E-state index < -0.39 is 0 Å². The van der Waals surface area contributed by atoms with Crippen LogP contribution < -0.4 is 0 Å². The van der Waals surface area contributed by atoms with Crippen LogP contribution in [-0.2, 0) is 0 Å². The highest BCUT2D eigenvalue weighted by Gasteiger charge is 2.05. The van der Waals surface area contributed by atoms with E-state index in [0.717, 1.165) is 17.3 Å². The Hall–Kier alpha value is 1.66. The van der Waals surface area contributed by atoms with Gasteiger partial charge in [0.05, 0.1) is 0 Å². The van der Waals surface area contributed by atoms with E-state index in [1.54, 1.807) is 0 Å². The summed E-state index contributed by atoms with van der Waals surface area (Å²) in [5, 5.41) is 0. The molecule has 26 heavy (non-hydrogen) atoms. The van der Waals surface area contributed by atoms with Gasteiger partial charge in [-0.1, -0.05) is 48.9 Å². The van der Waals surface area contributed by atoms with Crippen molar-refractivity contribution in [2.24, 2.45) is 0 Å². The molecule has 0 heterocycles. The second-order valence-corrected chi connectivity index (χ2v) is 11.8. The van der Waals surface area contributed by atoms with Crippen LogP contribution in [0.3, 0.4) is 0 Å². The summed E-state index contributed by atoms with van der Waals surface area (Å²) in [4.78, 5) is 7.58. The third-order valence-electron chi connectivity index (χ3n) is 1.83. The molecule has 14 heteroatoms. The van der Waals surface area contributed by atoms with Gasteiger partial charge in [-0.25, -0.2) is 0 Å². The molecule has 0 atom stereocenters. The molecule has 0 aliphatic heterocycles. The number of thiocarbonyl (C=S) groups is 4. The van der Waals surface area contributed by atoms with Gasteiger partial charge in [-0.15, -0.1) is 23.3 Å². The van der Waals surface area contributed by atoms with E-state index in [1.165, 1.54) is 43.2 Å². The van der Waals surface area contributed by atoms with Crippen molar-refractivity contribution in [3.63, 3.8) is 0 Å². The van der Waals surface area contributed by atoms with Crippen LogP contribution in [0.25, 0.3) is 0 Å². The first-order chi connectivity index (χ1) is 11.9. The smallest absolute Gasteiger partial charge is 0.146 e. The van der Waals surface area contributed by atoms with Gasteiger partial charge in [0.2, 0.25) is 0 Å². The SMILES string of the molecule is CN(C)C(=S)SSC(=S)N(C)C.CN(C)C(=S)SSC(=S)N(C)C.SS. The van der Waals surface area contributed by atoms with Crippen LogP contribution in [0.5, 0.6) is 0 Å². The molecular weight excluding hydrogens is 521 g/mol. The molecule has 0 unspecified atom stereocenters. The van der Waals surface area contributed by atoms with Crippen LogP contribution in [0.4, 0.5) is 0 Å². The normalized spacial score (nSPS) is 8.85. The minimum atomic E-state index is 0.837. The van der Waals surface area contributed by atoms with Gasteiger partial charge < -0.3 is 19.6 Å². The van der Waals surface area contributed by atoms with E-state index in [4.69, 9.17) is 48.9 Å². The lowest BCUT2D eigenvalue weighted by Crippen LogP contribution is -2.18. The number of hydrogen-bond donors (Lipinski definition) is 2. The molecule has 0 aromatic heterocycles. The van der Waals surface area contributed by atoms with Gasteiger partial charge in [0.25, 0.3) is 0 Å². The van der Waals surface area contributed by atoms with E-state index >= 15 is 0 Å². The third-order valence-corrected chi connectivity index (χ3v) is 10.1. The summed E-state index contributed by atoms with van der Waals surface area (Å²) in [7, 11) is 21.5. The molecule has 0 bridgehead atoms. The second kappa shape index (κ2) is 20.0. The highest BCUT2D eigenvalue weighted by atomic mass is 33.1. The van der Waals surface area contributed by atoms with Crippen LogP contribution in [0.15, 0.2) is 0 Å². The van der Waals surface area contributed by atoms with Crippen molar-refractivity contribution < 1.29 is 0 Å². The molecule has 154 valence electrons. The van der Waals surface area contributed by atoms with Gasteiger partial charge in [-0.05, 0) is 43.2 Å². The van der Waals surface area contributed by atoms with Crippen LogP contribution >= 0.6 is 115 Å². The number of thiol groups is 2. The summed E-state index contributed by atoms with van der Waals surface area (Å²) in [6.07, 6.45) is 0. The lowest BCUT2D eigenvalue weighted by atomic mass is 11.0. The minimum Gasteiger partial charge on any atom is -0.363 e. The molecule has 0 saturated heterocycles. The van der Waals surface area contributed by atoms with Crippen molar-refractivity contribution in [1.82, 2.24) is 19.6 Å². The van der Waals surface area contributed by atoms with Crippen molar-refractivity contribution in [1.29, 1.82) is 0 Å². The molecule has 0 aliphatic carbocycles. The number of rotatable bonds is 0. The fourth-order valence-corrected chi connectivity index (χ4v) is 5.19. The Morgan fingerprint density at radius 2 is 0.577 bits per heavy atom. The Bertz CT molecular complexity index is 360. The molecule has 0 spiro atoms. The fraction of sp³-hybridized carbons (Fsp3) is 0.667. The zero-order valence-corrected chi connectivity index (χ0v) is 24.3. The highest BCUT2D eigenvalue weighted by molar-refractivity contribution is 8.90. The first-order valence-electron chi connectivity index (χ1n) is 6.64. The maximum atomic E-state index is 5.07. The Labute approximate surface area is 206 Å². The van der Waals surface area contributed by atoms with E-state index in [-0.39, 0.29) is 0 Å². The zero-order valence-electron chi connectivity index (χ0n) is 15.9. The molecule has 0 aliphatic rings. The highest BCUT2D eigenvalue weighted by Crippen LogP contribution is 2.27. The number of nitrogens with zero attached hydrogens (tertiary/aromatic N) is 4. The first-order valence-corrected chi connectivity index (χ1v) is 14.2. The molecule has 0 N–H and O–H groups in total. The van der Waals surface area contributed by atoms with Gasteiger partial charge >= 0.3 is 0 Å². The van der Waals surface area contributed by atoms with E-state index in [1.807, 2.05) is 76.0 Å². The summed E-state index contributed by atoms with van der Waals surface area (Å²) in [6.45, 7) is 0. The quantitative estimate of drug-likeness (QED) is 0.244. The third kappa shape index (κ3) is 20.4.